The van der Waals surface area contributed by atoms with Crippen LogP contribution in [0.25, 0.3) is 0 Å². The van der Waals surface area contributed by atoms with Gasteiger partial charge in [-0.05, 0) is 56.0 Å². The average Bonchev–Trinajstić information content (AvgIpc) is 3.18. The van der Waals surface area contributed by atoms with Gasteiger partial charge in [-0.25, -0.2) is 8.42 Å². The Morgan fingerprint density at radius 1 is 0.824 bits per heavy atom. The van der Waals surface area contributed by atoms with E-state index in [2.05, 4.69) is 0 Å². The molecule has 2 heterocycles. The van der Waals surface area contributed by atoms with E-state index in [0.29, 0.717) is 37.2 Å². The van der Waals surface area contributed by atoms with Crippen molar-refractivity contribution in [3.8, 4) is 0 Å². The highest BCUT2D eigenvalue weighted by Gasteiger charge is 2.31. The second-order valence-electron chi connectivity index (χ2n) is 9.14. The van der Waals surface area contributed by atoms with Gasteiger partial charge in [-0.2, -0.15) is 0 Å². The number of sulfonamides is 1. The molecule has 7 nitrogen and oxygen atoms in total. The van der Waals surface area contributed by atoms with Crippen molar-refractivity contribution in [2.75, 3.05) is 37.5 Å². The molecule has 182 valence electrons. The molecule has 0 atom stereocenters. The Morgan fingerprint density at radius 3 is 2.12 bits per heavy atom. The molecule has 2 saturated heterocycles. The van der Waals surface area contributed by atoms with E-state index in [1.165, 1.54) is 36.3 Å². The number of carbonyl (C=O) groups is 2. The largest absolute Gasteiger partial charge is 0.342 e. The molecule has 0 spiro atoms. The minimum Gasteiger partial charge on any atom is -0.342 e. The van der Waals surface area contributed by atoms with Crippen LogP contribution in [0, 0.1) is 5.92 Å². The highest BCUT2D eigenvalue weighted by Crippen LogP contribution is 2.25. The van der Waals surface area contributed by atoms with Gasteiger partial charge in [0.15, 0.2) is 0 Å². The lowest BCUT2D eigenvalue weighted by atomic mass is 9.94. The number of carbonyl (C=O) groups excluding carboxylic acids is 2. The highest BCUT2D eigenvalue weighted by molar-refractivity contribution is 7.92. The maximum Gasteiger partial charge on any atom is 0.264 e. The Balaban J connectivity index is 1.41. The van der Waals surface area contributed by atoms with Crippen LogP contribution >= 0.6 is 0 Å². The quantitative estimate of drug-likeness (QED) is 0.649. The lowest BCUT2D eigenvalue weighted by Gasteiger charge is -2.34. The molecule has 2 aromatic rings. The number of nitrogens with zero attached hydrogens (tertiary/aromatic N) is 3. The van der Waals surface area contributed by atoms with E-state index in [1.807, 2.05) is 11.0 Å². The fourth-order valence-corrected chi connectivity index (χ4v) is 6.03. The molecule has 0 saturated carbocycles. The minimum atomic E-state index is -3.80. The Morgan fingerprint density at radius 2 is 1.47 bits per heavy atom. The van der Waals surface area contributed by atoms with E-state index < -0.39 is 10.0 Å². The first-order valence-corrected chi connectivity index (χ1v) is 13.5. The molecule has 0 radical (unpaired) electrons. The molecule has 2 aliphatic rings. The van der Waals surface area contributed by atoms with E-state index >= 15 is 0 Å². The number of para-hydroxylation sites is 1. The van der Waals surface area contributed by atoms with Gasteiger partial charge in [0.25, 0.3) is 15.9 Å². The van der Waals surface area contributed by atoms with Crippen LogP contribution in [-0.2, 0) is 14.8 Å². The molecule has 2 fully saturated rings. The molecule has 34 heavy (non-hydrogen) atoms. The van der Waals surface area contributed by atoms with Crippen LogP contribution < -0.4 is 4.31 Å². The van der Waals surface area contributed by atoms with Crippen LogP contribution in [0.5, 0.6) is 0 Å². The molecule has 4 rings (SSSR count). The third kappa shape index (κ3) is 5.27. The summed E-state index contributed by atoms with van der Waals surface area (Å²) < 4.78 is 27.5. The van der Waals surface area contributed by atoms with Crippen molar-refractivity contribution in [2.24, 2.45) is 5.92 Å². The number of hydrogen-bond acceptors (Lipinski definition) is 4. The van der Waals surface area contributed by atoms with E-state index in [0.717, 1.165) is 25.9 Å². The number of amides is 2. The SMILES string of the molecule is CN(c1ccccc1)S(=O)(=O)c1cccc(C(=O)N2CCC(C(=O)N3CCCCCC3)CC2)c1. The van der Waals surface area contributed by atoms with E-state index in [9.17, 15) is 18.0 Å². The second kappa shape index (κ2) is 10.6. The van der Waals surface area contributed by atoms with Crippen LogP contribution in [0.1, 0.15) is 48.9 Å². The predicted octanol–water partition coefficient (Wildman–Crippen LogP) is 3.77. The van der Waals surface area contributed by atoms with Crippen LogP contribution in [-0.4, -0.2) is 63.3 Å². The Bertz CT molecular complexity index is 1100. The van der Waals surface area contributed by atoms with Gasteiger partial charge < -0.3 is 9.80 Å². The Kier molecular flexibility index (Phi) is 7.56. The third-order valence-corrected chi connectivity index (χ3v) is 8.69. The summed E-state index contributed by atoms with van der Waals surface area (Å²) in [7, 11) is -2.30. The highest BCUT2D eigenvalue weighted by atomic mass is 32.2. The summed E-state index contributed by atoms with van der Waals surface area (Å²) >= 11 is 0. The Labute approximate surface area is 202 Å². The summed E-state index contributed by atoms with van der Waals surface area (Å²) in [5.41, 5.74) is 0.898. The maximum atomic E-state index is 13.2. The van der Waals surface area contributed by atoms with Crippen molar-refractivity contribution >= 4 is 27.5 Å². The van der Waals surface area contributed by atoms with Gasteiger partial charge in [0.1, 0.15) is 0 Å². The first-order valence-electron chi connectivity index (χ1n) is 12.1. The van der Waals surface area contributed by atoms with Crippen LogP contribution in [0.3, 0.4) is 0 Å². The zero-order valence-corrected chi connectivity index (χ0v) is 20.5. The number of piperidine rings is 1. The standard InChI is InChI=1S/C26H33N3O4S/c1-27(23-11-5-4-6-12-23)34(32,33)24-13-9-10-22(20-24)26(31)29-18-14-21(15-19-29)25(30)28-16-7-2-3-8-17-28/h4-6,9-13,20-21H,2-3,7-8,14-19H2,1H3. The summed E-state index contributed by atoms with van der Waals surface area (Å²) in [6.45, 7) is 2.70. The molecule has 0 aliphatic carbocycles. The Hall–Kier alpha value is -2.87. The number of likely N-dealkylation sites (tertiary alicyclic amines) is 2. The average molecular weight is 484 g/mol. The molecule has 2 amide bonds. The minimum absolute atomic E-state index is 0.0339. The lowest BCUT2D eigenvalue weighted by Crippen LogP contribution is -2.44. The van der Waals surface area contributed by atoms with E-state index in [4.69, 9.17) is 0 Å². The van der Waals surface area contributed by atoms with Gasteiger partial charge >= 0.3 is 0 Å². The molecule has 0 N–H and O–H groups in total. The van der Waals surface area contributed by atoms with Gasteiger partial charge in [0.2, 0.25) is 5.91 Å². The normalized spacial score (nSPS) is 17.8. The van der Waals surface area contributed by atoms with E-state index in [-0.39, 0.29) is 22.6 Å². The number of benzene rings is 2. The van der Waals surface area contributed by atoms with Gasteiger partial charge in [-0.1, -0.05) is 37.1 Å². The van der Waals surface area contributed by atoms with Crippen LogP contribution in [0.15, 0.2) is 59.5 Å². The predicted molar refractivity (Wildman–Crippen MR) is 132 cm³/mol. The summed E-state index contributed by atoms with van der Waals surface area (Å²) in [6, 6.07) is 15.1. The smallest absolute Gasteiger partial charge is 0.264 e. The molecule has 0 unspecified atom stereocenters. The molecule has 8 heteroatoms. The van der Waals surface area contributed by atoms with Gasteiger partial charge in [-0.3, -0.25) is 13.9 Å². The third-order valence-electron chi connectivity index (χ3n) is 6.91. The topological polar surface area (TPSA) is 78.0 Å². The summed E-state index contributed by atoms with van der Waals surface area (Å²) in [5, 5.41) is 0. The van der Waals surface area contributed by atoms with Crippen LogP contribution in [0.2, 0.25) is 0 Å². The number of anilines is 1. The van der Waals surface area contributed by atoms with Crippen molar-refractivity contribution in [1.82, 2.24) is 9.80 Å². The summed E-state index contributed by atoms with van der Waals surface area (Å²) in [5.74, 6) is -0.000455. The van der Waals surface area contributed by atoms with Crippen molar-refractivity contribution in [1.29, 1.82) is 0 Å². The molecular formula is C26H33N3O4S. The zero-order chi connectivity index (χ0) is 24.1. The van der Waals surface area contributed by atoms with Crippen molar-refractivity contribution in [2.45, 2.75) is 43.4 Å². The first kappa shape index (κ1) is 24.3. The summed E-state index contributed by atoms with van der Waals surface area (Å²) in [4.78, 5) is 29.9. The monoisotopic (exact) mass is 483 g/mol. The summed E-state index contributed by atoms with van der Waals surface area (Å²) in [6.07, 6.45) is 5.81. The first-order chi connectivity index (χ1) is 16.4. The number of rotatable bonds is 5. The lowest BCUT2D eigenvalue weighted by molar-refractivity contribution is -0.136. The van der Waals surface area contributed by atoms with Crippen molar-refractivity contribution < 1.29 is 18.0 Å². The van der Waals surface area contributed by atoms with Gasteiger partial charge in [-0.15, -0.1) is 0 Å². The molecule has 2 aliphatic heterocycles. The van der Waals surface area contributed by atoms with Gasteiger partial charge in [0.05, 0.1) is 10.6 Å². The molecule has 2 aromatic carbocycles. The zero-order valence-electron chi connectivity index (χ0n) is 19.7. The number of hydrogen-bond donors (Lipinski definition) is 0. The van der Waals surface area contributed by atoms with Crippen molar-refractivity contribution in [3.63, 3.8) is 0 Å². The second-order valence-corrected chi connectivity index (χ2v) is 11.1. The fraction of sp³-hybridized carbons (Fsp3) is 0.462. The van der Waals surface area contributed by atoms with Crippen molar-refractivity contribution in [3.05, 3.63) is 60.2 Å². The van der Waals surface area contributed by atoms with E-state index in [1.54, 1.807) is 41.3 Å². The fourth-order valence-electron chi connectivity index (χ4n) is 4.79. The van der Waals surface area contributed by atoms with Gasteiger partial charge in [0, 0.05) is 44.7 Å². The maximum absolute atomic E-state index is 13.2. The molecular weight excluding hydrogens is 450 g/mol. The van der Waals surface area contributed by atoms with Crippen LogP contribution in [0.4, 0.5) is 5.69 Å². The molecule has 0 bridgehead atoms. The molecule has 0 aromatic heterocycles.